The molecule has 0 saturated heterocycles. The van der Waals surface area contributed by atoms with E-state index in [4.69, 9.17) is 21.7 Å². The summed E-state index contributed by atoms with van der Waals surface area (Å²) in [6.45, 7) is 0.185. The van der Waals surface area contributed by atoms with E-state index >= 15 is 0 Å². The summed E-state index contributed by atoms with van der Waals surface area (Å²) in [5.41, 5.74) is 10.3. The lowest BCUT2D eigenvalue weighted by Gasteiger charge is -2.22. The molecule has 0 bridgehead atoms. The second kappa shape index (κ2) is 11.5. The van der Waals surface area contributed by atoms with E-state index in [0.29, 0.717) is 0 Å². The normalized spacial score (nSPS) is 14.7. The molecule has 0 saturated carbocycles. The molecule has 0 aliphatic carbocycles. The number of carboxylic acids is 2. The lowest BCUT2D eigenvalue weighted by Crippen LogP contribution is -2.58. The molecule has 10 N–H and O–H groups in total. The van der Waals surface area contributed by atoms with Crippen LogP contribution >= 0.6 is 0 Å². The minimum Gasteiger partial charge on any atom is -0.481 e. The van der Waals surface area contributed by atoms with Gasteiger partial charge >= 0.3 is 11.9 Å². The van der Waals surface area contributed by atoms with Crippen molar-refractivity contribution < 1.29 is 44.1 Å². The van der Waals surface area contributed by atoms with Crippen LogP contribution in [0.25, 0.3) is 0 Å². The van der Waals surface area contributed by atoms with E-state index in [1.165, 1.54) is 0 Å². The van der Waals surface area contributed by atoms with Crippen molar-refractivity contribution in [3.05, 3.63) is 0 Å². The summed E-state index contributed by atoms with van der Waals surface area (Å²) in [5.74, 6) is -6.97. The molecule has 14 heteroatoms. The van der Waals surface area contributed by atoms with Crippen molar-refractivity contribution >= 4 is 35.6 Å². The third-order valence-corrected chi connectivity index (χ3v) is 3.31. The highest BCUT2D eigenvalue weighted by Crippen LogP contribution is 1.98. The Bertz CT molecular complexity index is 639. The highest BCUT2D eigenvalue weighted by Gasteiger charge is 2.30. The molecule has 4 unspecified atom stereocenters. The summed E-state index contributed by atoms with van der Waals surface area (Å²) in [7, 11) is 0. The molecule has 0 aromatic heterocycles. The Morgan fingerprint density at radius 2 is 1.36 bits per heavy atom. The summed E-state index contributed by atoms with van der Waals surface area (Å²) >= 11 is 0. The van der Waals surface area contributed by atoms with Gasteiger partial charge in [0.1, 0.15) is 18.1 Å². The first-order valence-corrected chi connectivity index (χ1v) is 7.89. The lowest BCUT2D eigenvalue weighted by molar-refractivity contribution is -0.143. The third-order valence-electron chi connectivity index (χ3n) is 3.31. The van der Waals surface area contributed by atoms with Crippen molar-refractivity contribution in [1.29, 1.82) is 0 Å². The van der Waals surface area contributed by atoms with E-state index in [1.54, 1.807) is 0 Å². The summed E-state index contributed by atoms with van der Waals surface area (Å²) in [6.07, 6.45) is -1.42. The number of hydrogen-bond donors (Lipinski definition) is 8. The third kappa shape index (κ3) is 8.91. The minimum atomic E-state index is -1.68. The molecule has 0 heterocycles. The van der Waals surface area contributed by atoms with E-state index in [1.807, 2.05) is 16.0 Å². The number of nitrogens with one attached hydrogen (secondary N) is 3. The molecule has 4 atom stereocenters. The van der Waals surface area contributed by atoms with Gasteiger partial charge in [-0.15, -0.1) is 0 Å². The maximum absolute atomic E-state index is 12.2. The van der Waals surface area contributed by atoms with Crippen LogP contribution in [0, 0.1) is 0 Å². The average molecular weight is 405 g/mol. The van der Waals surface area contributed by atoms with Crippen molar-refractivity contribution in [1.82, 2.24) is 16.0 Å². The van der Waals surface area contributed by atoms with Gasteiger partial charge in [-0.25, -0.2) is 0 Å². The topological polar surface area (TPSA) is 251 Å². The maximum atomic E-state index is 12.2. The van der Waals surface area contributed by atoms with E-state index in [-0.39, 0.29) is 0 Å². The molecule has 0 spiro atoms. The zero-order valence-electron chi connectivity index (χ0n) is 14.9. The second-order valence-electron chi connectivity index (χ2n) is 5.75. The predicted molar refractivity (Wildman–Crippen MR) is 90.2 cm³/mol. The minimum absolute atomic E-state index is 0.525. The number of nitrogens with two attached hydrogens (primary N) is 2. The number of hydrogen-bond acceptors (Lipinski definition) is 8. The van der Waals surface area contributed by atoms with E-state index in [9.17, 15) is 33.9 Å². The first-order chi connectivity index (χ1) is 12.9. The Labute approximate surface area is 158 Å². The largest absolute Gasteiger partial charge is 0.481 e. The fourth-order valence-electron chi connectivity index (χ4n) is 1.81. The molecule has 0 aromatic carbocycles. The van der Waals surface area contributed by atoms with Gasteiger partial charge in [0.15, 0.2) is 0 Å². The SMILES string of the molecule is CC(NC(=O)C(CC(=O)O)NC(=O)C(CO)NC(=O)C(N)CC(N)=O)C(=O)O. The monoisotopic (exact) mass is 405 g/mol. The van der Waals surface area contributed by atoms with E-state index in [0.717, 1.165) is 6.92 Å². The van der Waals surface area contributed by atoms with Crippen molar-refractivity contribution in [3.8, 4) is 0 Å². The second-order valence-corrected chi connectivity index (χ2v) is 5.75. The first kappa shape index (κ1) is 24.7. The summed E-state index contributed by atoms with van der Waals surface area (Å²) in [5, 5.41) is 32.9. The Kier molecular flexibility index (Phi) is 10.1. The van der Waals surface area contributed by atoms with Gasteiger partial charge in [0.25, 0.3) is 0 Å². The van der Waals surface area contributed by atoms with Crippen LogP contribution in [-0.4, -0.2) is 81.7 Å². The number of carbonyl (C=O) groups is 6. The van der Waals surface area contributed by atoms with Crippen LogP contribution in [0.3, 0.4) is 0 Å². The molecular formula is C14H23N5O9. The van der Waals surface area contributed by atoms with Crippen LogP contribution in [-0.2, 0) is 28.8 Å². The van der Waals surface area contributed by atoms with Crippen molar-refractivity contribution in [2.24, 2.45) is 11.5 Å². The highest BCUT2D eigenvalue weighted by molar-refractivity contribution is 5.96. The Hall–Kier alpha value is -3.26. The number of aliphatic hydroxyl groups excluding tert-OH is 1. The van der Waals surface area contributed by atoms with Crippen molar-refractivity contribution in [2.75, 3.05) is 6.61 Å². The molecular weight excluding hydrogens is 382 g/mol. The molecule has 14 nitrogen and oxygen atoms in total. The molecule has 0 rings (SSSR count). The first-order valence-electron chi connectivity index (χ1n) is 7.89. The average Bonchev–Trinajstić information content (AvgIpc) is 2.57. The molecule has 158 valence electrons. The number of aliphatic hydroxyl groups is 1. The standard InChI is InChI=1S/C14H23N5O9/c1-5(14(27)28)17-12(25)7(3-10(22)23)18-13(26)8(4-20)19-11(24)6(15)2-9(16)21/h5-8,20H,2-4,15H2,1H3,(H2,16,21)(H,17,25)(H,18,26)(H,19,24)(H,22,23)(H,27,28). The van der Waals surface area contributed by atoms with Gasteiger partial charge in [0.2, 0.25) is 23.6 Å². The van der Waals surface area contributed by atoms with Crippen LogP contribution in [0.4, 0.5) is 0 Å². The summed E-state index contributed by atoms with van der Waals surface area (Å²) < 4.78 is 0. The van der Waals surface area contributed by atoms with Gasteiger partial charge in [0.05, 0.1) is 25.5 Å². The van der Waals surface area contributed by atoms with Crippen LogP contribution in [0.1, 0.15) is 19.8 Å². The Morgan fingerprint density at radius 1 is 0.857 bits per heavy atom. The van der Waals surface area contributed by atoms with E-state index in [2.05, 4.69) is 0 Å². The van der Waals surface area contributed by atoms with Gasteiger partial charge in [-0.05, 0) is 6.92 Å². The van der Waals surface area contributed by atoms with Gasteiger partial charge in [-0.2, -0.15) is 0 Å². The zero-order valence-corrected chi connectivity index (χ0v) is 14.9. The molecule has 0 aliphatic heterocycles. The van der Waals surface area contributed by atoms with E-state index < -0.39 is 79.2 Å². The summed E-state index contributed by atoms with van der Waals surface area (Å²) in [6, 6.07) is -6.06. The fraction of sp³-hybridized carbons (Fsp3) is 0.571. The molecule has 28 heavy (non-hydrogen) atoms. The number of carboxylic acid groups (broad SMARTS) is 2. The zero-order chi connectivity index (χ0) is 22.0. The smallest absolute Gasteiger partial charge is 0.325 e. The van der Waals surface area contributed by atoms with Crippen LogP contribution in [0.5, 0.6) is 0 Å². The fourth-order valence-corrected chi connectivity index (χ4v) is 1.81. The van der Waals surface area contributed by atoms with Gasteiger partial charge < -0.3 is 42.7 Å². The number of aliphatic carboxylic acids is 2. The molecule has 0 aromatic rings. The maximum Gasteiger partial charge on any atom is 0.325 e. The number of primary amides is 1. The van der Waals surface area contributed by atoms with Gasteiger partial charge in [0, 0.05) is 0 Å². The highest BCUT2D eigenvalue weighted by atomic mass is 16.4. The number of rotatable bonds is 12. The van der Waals surface area contributed by atoms with Crippen LogP contribution < -0.4 is 27.4 Å². The number of carbonyl (C=O) groups excluding carboxylic acids is 4. The van der Waals surface area contributed by atoms with Gasteiger partial charge in [-0.3, -0.25) is 28.8 Å². The number of amides is 4. The Balaban J connectivity index is 5.12. The quantitative estimate of drug-likeness (QED) is 0.154. The van der Waals surface area contributed by atoms with Crippen molar-refractivity contribution in [3.63, 3.8) is 0 Å². The van der Waals surface area contributed by atoms with Crippen LogP contribution in [0.2, 0.25) is 0 Å². The molecule has 0 fully saturated rings. The predicted octanol–water partition coefficient (Wildman–Crippen LogP) is -4.78. The molecule has 0 radical (unpaired) electrons. The Morgan fingerprint density at radius 3 is 1.79 bits per heavy atom. The van der Waals surface area contributed by atoms with Gasteiger partial charge in [-0.1, -0.05) is 0 Å². The lowest BCUT2D eigenvalue weighted by atomic mass is 10.1. The van der Waals surface area contributed by atoms with Crippen LogP contribution in [0.15, 0.2) is 0 Å². The molecule has 0 aliphatic rings. The summed E-state index contributed by atoms with van der Waals surface area (Å²) in [4.78, 5) is 68.4. The molecule has 4 amide bonds. The van der Waals surface area contributed by atoms with Crippen molar-refractivity contribution in [2.45, 2.75) is 43.9 Å².